The lowest BCUT2D eigenvalue weighted by molar-refractivity contribution is -0.459. The monoisotopic (exact) mass is 416 g/mol. The summed E-state index contributed by atoms with van der Waals surface area (Å²) in [6.07, 6.45) is 0.164. The van der Waals surface area contributed by atoms with E-state index in [4.69, 9.17) is 18.9 Å². The molecule has 2 N–H and O–H groups in total. The van der Waals surface area contributed by atoms with Crippen LogP contribution < -0.4 is 0 Å². The molecular weight excluding hydrogens is 388 g/mol. The fourth-order valence-electron chi connectivity index (χ4n) is 3.15. The van der Waals surface area contributed by atoms with Crippen LogP contribution in [0, 0.1) is 0 Å². The first-order chi connectivity index (χ1) is 13.7. The predicted octanol–water partition coefficient (Wildman–Crippen LogP) is 1.20. The van der Waals surface area contributed by atoms with Crippen LogP contribution in [0.1, 0.15) is 77.6 Å². The average Bonchev–Trinajstić information content (AvgIpc) is 2.70. The van der Waals surface area contributed by atoms with E-state index in [2.05, 4.69) is 0 Å². The van der Waals surface area contributed by atoms with Crippen LogP contribution in [-0.2, 0) is 38.1 Å². The zero-order chi connectivity index (χ0) is 21.5. The lowest BCUT2D eigenvalue weighted by atomic mass is 10.00. The Morgan fingerprint density at radius 1 is 0.793 bits per heavy atom. The summed E-state index contributed by atoms with van der Waals surface area (Å²) in [5, 5.41) is 22.2. The molecule has 0 spiro atoms. The fraction of sp³-hybridized carbons (Fsp3) is 0.789. The molecule has 10 heteroatoms. The standard InChI is InChI=1S/C19H28O10/c1-2-3-8-13-18(24,27-15(21)10-5-4-9-14(20)26-13)19(25)28-16(22)11-6-7-12-17(23)29-19/h13,24-25H,2-12H2,1H3. The van der Waals surface area contributed by atoms with Crippen molar-refractivity contribution in [2.75, 3.05) is 0 Å². The zero-order valence-corrected chi connectivity index (χ0v) is 16.5. The van der Waals surface area contributed by atoms with Gasteiger partial charge in [-0.3, -0.25) is 19.2 Å². The van der Waals surface area contributed by atoms with Crippen molar-refractivity contribution >= 4 is 23.9 Å². The molecule has 0 bridgehead atoms. The Hall–Kier alpha value is -2.20. The number of unbranched alkanes of at least 4 members (excludes halogenated alkanes) is 1. The molecule has 0 aromatic rings. The molecule has 2 heterocycles. The van der Waals surface area contributed by atoms with Crippen molar-refractivity contribution in [3.63, 3.8) is 0 Å². The van der Waals surface area contributed by atoms with Crippen molar-refractivity contribution in [2.45, 2.75) is 95.4 Å². The van der Waals surface area contributed by atoms with E-state index in [-0.39, 0.29) is 38.5 Å². The third kappa shape index (κ3) is 5.89. The Bertz CT molecular complexity index is 610. The molecule has 0 saturated carbocycles. The van der Waals surface area contributed by atoms with Gasteiger partial charge in [-0.2, -0.15) is 0 Å². The van der Waals surface area contributed by atoms with E-state index in [0.717, 1.165) is 0 Å². The van der Waals surface area contributed by atoms with Gasteiger partial charge in [0.2, 0.25) is 0 Å². The van der Waals surface area contributed by atoms with Crippen molar-refractivity contribution in [1.82, 2.24) is 0 Å². The Labute approximate surface area is 168 Å². The van der Waals surface area contributed by atoms with Crippen LogP contribution in [-0.4, -0.2) is 52.0 Å². The zero-order valence-electron chi connectivity index (χ0n) is 16.5. The maximum absolute atomic E-state index is 12.3. The van der Waals surface area contributed by atoms with E-state index in [9.17, 15) is 29.4 Å². The lowest BCUT2D eigenvalue weighted by Crippen LogP contribution is -2.68. The summed E-state index contributed by atoms with van der Waals surface area (Å²) in [4.78, 5) is 48.7. The number of hydrogen-bond acceptors (Lipinski definition) is 10. The highest BCUT2D eigenvalue weighted by molar-refractivity contribution is 5.74. The maximum atomic E-state index is 12.3. The molecule has 10 nitrogen and oxygen atoms in total. The quantitative estimate of drug-likeness (QED) is 0.506. The minimum Gasteiger partial charge on any atom is -0.455 e. The second-order valence-electron chi connectivity index (χ2n) is 7.24. The molecule has 2 fully saturated rings. The predicted molar refractivity (Wildman–Crippen MR) is 94.5 cm³/mol. The van der Waals surface area contributed by atoms with Crippen LogP contribution in [0.5, 0.6) is 0 Å². The van der Waals surface area contributed by atoms with Gasteiger partial charge in [-0.25, -0.2) is 0 Å². The SMILES string of the molecule is CCCCC1OC(=O)CCCCC(=O)OC1(O)C1(O)OC(=O)CCCCC(=O)O1. The second kappa shape index (κ2) is 10.0. The molecular formula is C19H28O10. The van der Waals surface area contributed by atoms with E-state index in [1.54, 1.807) is 0 Å². The van der Waals surface area contributed by atoms with E-state index in [0.29, 0.717) is 32.1 Å². The van der Waals surface area contributed by atoms with Crippen molar-refractivity contribution in [2.24, 2.45) is 0 Å². The maximum Gasteiger partial charge on any atom is 0.447 e. The van der Waals surface area contributed by atoms with Crippen LogP contribution in [0.25, 0.3) is 0 Å². The van der Waals surface area contributed by atoms with Gasteiger partial charge in [-0.1, -0.05) is 13.3 Å². The average molecular weight is 416 g/mol. The normalized spacial score (nSPS) is 29.3. The number of esters is 4. The van der Waals surface area contributed by atoms with Crippen molar-refractivity contribution in [3.8, 4) is 0 Å². The molecule has 2 unspecified atom stereocenters. The molecule has 0 aliphatic carbocycles. The third-order valence-electron chi connectivity index (χ3n) is 4.78. The number of carbonyl (C=O) groups excluding carboxylic acids is 4. The van der Waals surface area contributed by atoms with Gasteiger partial charge < -0.3 is 29.2 Å². The smallest absolute Gasteiger partial charge is 0.447 e. The molecule has 2 aliphatic rings. The topological polar surface area (TPSA) is 146 Å². The fourth-order valence-corrected chi connectivity index (χ4v) is 3.15. The first kappa shape index (κ1) is 23.1. The van der Waals surface area contributed by atoms with Crippen molar-refractivity contribution in [1.29, 1.82) is 0 Å². The summed E-state index contributed by atoms with van der Waals surface area (Å²) in [6.45, 7) is 1.84. The highest BCUT2D eigenvalue weighted by atomic mass is 16.9. The van der Waals surface area contributed by atoms with E-state index in [1.165, 1.54) is 0 Å². The summed E-state index contributed by atoms with van der Waals surface area (Å²) < 4.78 is 20.1. The summed E-state index contributed by atoms with van der Waals surface area (Å²) >= 11 is 0. The largest absolute Gasteiger partial charge is 0.455 e. The molecule has 2 aliphatic heterocycles. The molecule has 0 radical (unpaired) electrons. The first-order valence-electron chi connectivity index (χ1n) is 10.00. The number of cyclic esters (lactones) is 4. The highest BCUT2D eigenvalue weighted by Crippen LogP contribution is 2.37. The van der Waals surface area contributed by atoms with Crippen LogP contribution in [0.3, 0.4) is 0 Å². The van der Waals surface area contributed by atoms with Gasteiger partial charge in [0.1, 0.15) is 0 Å². The van der Waals surface area contributed by atoms with E-state index < -0.39 is 41.7 Å². The molecule has 2 atom stereocenters. The molecule has 2 saturated heterocycles. The number of hydrogen-bond donors (Lipinski definition) is 2. The van der Waals surface area contributed by atoms with Gasteiger partial charge in [0.25, 0.3) is 0 Å². The summed E-state index contributed by atoms with van der Waals surface area (Å²) in [7, 11) is 0. The molecule has 0 amide bonds. The van der Waals surface area contributed by atoms with Crippen LogP contribution in [0.4, 0.5) is 0 Å². The van der Waals surface area contributed by atoms with Gasteiger partial charge in [0.05, 0.1) is 0 Å². The Balaban J connectivity index is 2.50. The van der Waals surface area contributed by atoms with E-state index in [1.807, 2.05) is 6.92 Å². The molecule has 0 aromatic heterocycles. The number of aliphatic hydroxyl groups is 2. The number of rotatable bonds is 4. The van der Waals surface area contributed by atoms with Crippen LogP contribution >= 0.6 is 0 Å². The van der Waals surface area contributed by atoms with Gasteiger partial charge in [-0.05, 0) is 38.5 Å². The lowest BCUT2D eigenvalue weighted by Gasteiger charge is -2.42. The van der Waals surface area contributed by atoms with E-state index >= 15 is 0 Å². The Kier molecular flexibility index (Phi) is 7.97. The minimum atomic E-state index is -3.36. The first-order valence-corrected chi connectivity index (χ1v) is 10.00. The van der Waals surface area contributed by atoms with Gasteiger partial charge in [0.15, 0.2) is 6.10 Å². The molecule has 0 aromatic carbocycles. The van der Waals surface area contributed by atoms with Crippen LogP contribution in [0.2, 0.25) is 0 Å². The molecule has 164 valence electrons. The summed E-state index contributed by atoms with van der Waals surface area (Å²) in [6, 6.07) is 0. The summed E-state index contributed by atoms with van der Waals surface area (Å²) in [5.41, 5.74) is 0. The Morgan fingerprint density at radius 2 is 1.24 bits per heavy atom. The molecule has 2 rings (SSSR count). The Morgan fingerprint density at radius 3 is 1.72 bits per heavy atom. The van der Waals surface area contributed by atoms with Crippen LogP contribution in [0.15, 0.2) is 0 Å². The van der Waals surface area contributed by atoms with Gasteiger partial charge in [0, 0.05) is 25.7 Å². The second-order valence-corrected chi connectivity index (χ2v) is 7.24. The number of ether oxygens (including phenoxy) is 4. The van der Waals surface area contributed by atoms with Gasteiger partial charge in [-0.15, -0.1) is 0 Å². The molecule has 29 heavy (non-hydrogen) atoms. The summed E-state index contributed by atoms with van der Waals surface area (Å²) in [5.74, 6) is -10.0. The van der Waals surface area contributed by atoms with Gasteiger partial charge >= 0.3 is 35.6 Å². The third-order valence-corrected chi connectivity index (χ3v) is 4.78. The van der Waals surface area contributed by atoms with Crippen molar-refractivity contribution in [3.05, 3.63) is 0 Å². The number of carbonyl (C=O) groups is 4. The van der Waals surface area contributed by atoms with Crippen molar-refractivity contribution < 1.29 is 48.3 Å². The highest BCUT2D eigenvalue weighted by Gasteiger charge is 2.67. The minimum absolute atomic E-state index is 0.00993.